The molecule has 0 unspecified atom stereocenters. The number of thiazole rings is 1. The number of benzene rings is 1. The first-order valence-electron chi connectivity index (χ1n) is 7.06. The van der Waals surface area contributed by atoms with Crippen molar-refractivity contribution in [2.45, 2.75) is 4.90 Å². The average molecular weight is 375 g/mol. The van der Waals surface area contributed by atoms with Crippen molar-refractivity contribution >= 4 is 44.2 Å². The SMILES string of the molecule is O=C(C=Cc1ccoc1)Nc1ccc(S(=O)(=O)Nc2nccs2)cc1. The molecule has 0 aliphatic rings. The molecule has 2 N–H and O–H groups in total. The molecule has 9 heteroatoms. The second kappa shape index (κ2) is 7.32. The molecule has 1 aromatic carbocycles. The number of amides is 1. The first kappa shape index (κ1) is 16.9. The minimum absolute atomic E-state index is 0.0784. The van der Waals surface area contributed by atoms with Crippen LogP contribution >= 0.6 is 11.3 Å². The third-order valence-electron chi connectivity index (χ3n) is 3.06. The van der Waals surface area contributed by atoms with Crippen molar-refractivity contribution in [2.75, 3.05) is 10.0 Å². The Labute approximate surface area is 148 Å². The summed E-state index contributed by atoms with van der Waals surface area (Å²) in [5.74, 6) is -0.335. The molecule has 0 bridgehead atoms. The van der Waals surface area contributed by atoms with Gasteiger partial charge in [-0.15, -0.1) is 11.3 Å². The Hall–Kier alpha value is -2.91. The van der Waals surface area contributed by atoms with E-state index in [0.29, 0.717) is 10.8 Å². The summed E-state index contributed by atoms with van der Waals surface area (Å²) in [5, 5.41) is 4.61. The number of rotatable bonds is 6. The van der Waals surface area contributed by atoms with Gasteiger partial charge in [-0.1, -0.05) is 0 Å². The van der Waals surface area contributed by atoms with Crippen LogP contribution in [0.4, 0.5) is 10.8 Å². The van der Waals surface area contributed by atoms with E-state index in [4.69, 9.17) is 4.42 Å². The van der Waals surface area contributed by atoms with Gasteiger partial charge in [-0.2, -0.15) is 0 Å². The van der Waals surface area contributed by atoms with Gasteiger partial charge >= 0.3 is 0 Å². The smallest absolute Gasteiger partial charge is 0.263 e. The molecule has 2 aromatic heterocycles. The summed E-state index contributed by atoms with van der Waals surface area (Å²) in [4.78, 5) is 15.8. The molecule has 0 saturated carbocycles. The van der Waals surface area contributed by atoms with E-state index in [2.05, 4.69) is 15.0 Å². The summed E-state index contributed by atoms with van der Waals surface area (Å²) in [7, 11) is -3.71. The van der Waals surface area contributed by atoms with Crippen molar-refractivity contribution in [2.24, 2.45) is 0 Å². The summed E-state index contributed by atoms with van der Waals surface area (Å²) in [6, 6.07) is 7.57. The monoisotopic (exact) mass is 375 g/mol. The normalized spacial score (nSPS) is 11.5. The van der Waals surface area contributed by atoms with Crippen LogP contribution in [0, 0.1) is 0 Å². The number of furan rings is 1. The van der Waals surface area contributed by atoms with Crippen molar-refractivity contribution < 1.29 is 17.6 Å². The van der Waals surface area contributed by atoms with Gasteiger partial charge in [-0.25, -0.2) is 13.4 Å². The van der Waals surface area contributed by atoms with E-state index in [0.717, 1.165) is 5.56 Å². The molecule has 128 valence electrons. The summed E-state index contributed by atoms with van der Waals surface area (Å²) < 4.78 is 31.7. The summed E-state index contributed by atoms with van der Waals surface area (Å²) in [5.41, 5.74) is 1.25. The molecule has 1 amide bonds. The van der Waals surface area contributed by atoms with Crippen LogP contribution in [-0.4, -0.2) is 19.3 Å². The zero-order valence-electron chi connectivity index (χ0n) is 12.7. The van der Waals surface area contributed by atoms with Crippen molar-refractivity contribution in [3.63, 3.8) is 0 Å². The number of nitrogens with one attached hydrogen (secondary N) is 2. The van der Waals surface area contributed by atoms with Crippen LogP contribution in [0.2, 0.25) is 0 Å². The number of carbonyl (C=O) groups is 1. The fourth-order valence-corrected chi connectivity index (χ4v) is 3.68. The van der Waals surface area contributed by atoms with Gasteiger partial charge in [0.1, 0.15) is 0 Å². The molecule has 0 fully saturated rings. The van der Waals surface area contributed by atoms with E-state index < -0.39 is 10.0 Å². The zero-order chi connectivity index (χ0) is 17.7. The lowest BCUT2D eigenvalue weighted by molar-refractivity contribution is -0.111. The molecule has 3 aromatic rings. The van der Waals surface area contributed by atoms with Gasteiger partial charge in [0.2, 0.25) is 5.91 Å². The van der Waals surface area contributed by atoms with E-state index in [9.17, 15) is 13.2 Å². The molecule has 0 radical (unpaired) electrons. The Morgan fingerprint density at radius 2 is 2.00 bits per heavy atom. The van der Waals surface area contributed by atoms with Crippen molar-refractivity contribution in [1.82, 2.24) is 4.98 Å². The summed E-state index contributed by atoms with van der Waals surface area (Å²) in [6.07, 6.45) is 7.50. The number of nitrogens with zero attached hydrogens (tertiary/aromatic N) is 1. The third-order valence-corrected chi connectivity index (χ3v) is 5.23. The molecule has 2 heterocycles. The second-order valence-electron chi connectivity index (χ2n) is 4.85. The fraction of sp³-hybridized carbons (Fsp3) is 0. The zero-order valence-corrected chi connectivity index (χ0v) is 14.4. The Balaban J connectivity index is 1.64. The quantitative estimate of drug-likeness (QED) is 0.644. The van der Waals surface area contributed by atoms with Crippen molar-refractivity contribution in [3.05, 3.63) is 66.1 Å². The first-order valence-corrected chi connectivity index (χ1v) is 9.43. The fourth-order valence-electron chi connectivity index (χ4n) is 1.89. The van der Waals surface area contributed by atoms with Gasteiger partial charge in [0.25, 0.3) is 10.0 Å². The molecular weight excluding hydrogens is 362 g/mol. The van der Waals surface area contributed by atoms with Crippen LogP contribution in [0.3, 0.4) is 0 Å². The van der Waals surface area contributed by atoms with Crippen LogP contribution < -0.4 is 10.0 Å². The molecule has 7 nitrogen and oxygen atoms in total. The lowest BCUT2D eigenvalue weighted by Gasteiger charge is -2.07. The highest BCUT2D eigenvalue weighted by Crippen LogP contribution is 2.19. The van der Waals surface area contributed by atoms with Gasteiger partial charge in [-0.05, 0) is 36.4 Å². The standard InChI is InChI=1S/C16H13N3O4S2/c20-15(6-1-12-7-9-23-11-12)18-13-2-4-14(5-3-13)25(21,22)19-16-17-8-10-24-16/h1-11H,(H,17,19)(H,18,20). The van der Waals surface area contributed by atoms with Crippen LogP contribution in [-0.2, 0) is 14.8 Å². The third kappa shape index (κ3) is 4.55. The number of sulfonamides is 1. The molecule has 0 spiro atoms. The van der Waals surface area contributed by atoms with E-state index >= 15 is 0 Å². The molecule has 0 aliphatic heterocycles. The second-order valence-corrected chi connectivity index (χ2v) is 7.42. The lowest BCUT2D eigenvalue weighted by atomic mass is 10.3. The molecule has 25 heavy (non-hydrogen) atoms. The van der Waals surface area contributed by atoms with E-state index in [-0.39, 0.29) is 10.8 Å². The minimum atomic E-state index is -3.71. The lowest BCUT2D eigenvalue weighted by Crippen LogP contribution is -2.13. The summed E-state index contributed by atoms with van der Waals surface area (Å²) in [6.45, 7) is 0. The van der Waals surface area contributed by atoms with Gasteiger partial charge in [0, 0.05) is 28.9 Å². The van der Waals surface area contributed by atoms with E-state index in [1.807, 2.05) is 0 Å². The molecule has 0 aliphatic carbocycles. The Kier molecular flexibility index (Phi) is 4.96. The van der Waals surface area contributed by atoms with Crippen molar-refractivity contribution in [1.29, 1.82) is 0 Å². The first-order chi connectivity index (χ1) is 12.0. The number of carbonyl (C=O) groups excluding carboxylic acids is 1. The highest BCUT2D eigenvalue weighted by Gasteiger charge is 2.15. The molecule has 0 saturated heterocycles. The predicted octanol–water partition coefficient (Wildman–Crippen LogP) is 3.19. The Morgan fingerprint density at radius 3 is 2.64 bits per heavy atom. The van der Waals surface area contributed by atoms with Crippen molar-refractivity contribution in [3.8, 4) is 0 Å². The minimum Gasteiger partial charge on any atom is -0.472 e. The topological polar surface area (TPSA) is 101 Å². The number of anilines is 2. The number of hydrogen-bond acceptors (Lipinski definition) is 6. The highest BCUT2D eigenvalue weighted by atomic mass is 32.2. The Bertz CT molecular complexity index is 961. The van der Waals surface area contributed by atoms with Gasteiger partial charge in [-0.3, -0.25) is 9.52 Å². The number of aromatic nitrogens is 1. The maximum Gasteiger partial charge on any atom is 0.263 e. The highest BCUT2D eigenvalue weighted by molar-refractivity contribution is 7.93. The van der Waals surface area contributed by atoms with Crippen LogP contribution in [0.15, 0.2) is 69.8 Å². The molecular formula is C16H13N3O4S2. The van der Waals surface area contributed by atoms with Crippen LogP contribution in [0.25, 0.3) is 6.08 Å². The average Bonchev–Trinajstić information content (AvgIpc) is 3.27. The van der Waals surface area contributed by atoms with Crippen LogP contribution in [0.1, 0.15) is 5.56 Å². The van der Waals surface area contributed by atoms with Crippen LogP contribution in [0.5, 0.6) is 0 Å². The van der Waals surface area contributed by atoms with E-state index in [1.165, 1.54) is 60.4 Å². The molecule has 0 atom stereocenters. The van der Waals surface area contributed by atoms with Gasteiger partial charge < -0.3 is 9.73 Å². The van der Waals surface area contributed by atoms with E-state index in [1.54, 1.807) is 17.5 Å². The number of hydrogen-bond donors (Lipinski definition) is 2. The Morgan fingerprint density at radius 1 is 1.20 bits per heavy atom. The maximum atomic E-state index is 12.2. The molecule has 3 rings (SSSR count). The van der Waals surface area contributed by atoms with Gasteiger partial charge in [0.05, 0.1) is 17.4 Å². The summed E-state index contributed by atoms with van der Waals surface area (Å²) >= 11 is 1.19. The largest absolute Gasteiger partial charge is 0.472 e. The maximum absolute atomic E-state index is 12.2. The van der Waals surface area contributed by atoms with Gasteiger partial charge in [0.15, 0.2) is 5.13 Å². The predicted molar refractivity (Wildman–Crippen MR) is 95.7 cm³/mol.